The van der Waals surface area contributed by atoms with Gasteiger partial charge in [-0.05, 0) is 29.5 Å². The van der Waals surface area contributed by atoms with Crippen LogP contribution in [-0.2, 0) is 6.42 Å². The van der Waals surface area contributed by atoms with Gasteiger partial charge in [-0.2, -0.15) is 0 Å². The Bertz CT molecular complexity index is 685. The number of hydrogen-bond acceptors (Lipinski definition) is 2. The Morgan fingerprint density at radius 3 is 2.55 bits per heavy atom. The summed E-state index contributed by atoms with van der Waals surface area (Å²) >= 11 is 1.54. The van der Waals surface area contributed by atoms with E-state index in [1.54, 1.807) is 0 Å². The molecular formula is C17H15NOS. The van der Waals surface area contributed by atoms with E-state index in [1.165, 1.54) is 16.9 Å². The summed E-state index contributed by atoms with van der Waals surface area (Å²) in [5.74, 6) is 0.0159. The molecule has 1 heterocycles. The summed E-state index contributed by atoms with van der Waals surface area (Å²) < 4.78 is 1.15. The second-order valence-electron chi connectivity index (χ2n) is 4.64. The normalized spacial score (nSPS) is 10.6. The molecule has 0 unspecified atom stereocenters. The summed E-state index contributed by atoms with van der Waals surface area (Å²) in [7, 11) is 0. The lowest BCUT2D eigenvalue weighted by molar-refractivity contribution is 0.0958. The Labute approximate surface area is 122 Å². The first kappa shape index (κ1) is 12.9. The van der Waals surface area contributed by atoms with Crippen LogP contribution >= 0.6 is 11.3 Å². The highest BCUT2D eigenvalue weighted by Gasteiger charge is 2.09. The summed E-state index contributed by atoms with van der Waals surface area (Å²) in [5, 5.41) is 4.11. The maximum atomic E-state index is 12.1. The van der Waals surface area contributed by atoms with Gasteiger partial charge in [0.2, 0.25) is 0 Å². The smallest absolute Gasteiger partial charge is 0.261 e. The van der Waals surface area contributed by atoms with E-state index < -0.39 is 0 Å². The van der Waals surface area contributed by atoms with E-state index in [-0.39, 0.29) is 5.91 Å². The van der Waals surface area contributed by atoms with Gasteiger partial charge < -0.3 is 5.32 Å². The van der Waals surface area contributed by atoms with Crippen molar-refractivity contribution >= 4 is 27.3 Å². The fourth-order valence-corrected chi connectivity index (χ4v) is 3.13. The topological polar surface area (TPSA) is 29.1 Å². The molecule has 100 valence electrons. The fraction of sp³-hybridized carbons (Fsp3) is 0.118. The van der Waals surface area contributed by atoms with Crippen molar-refractivity contribution in [3.63, 3.8) is 0 Å². The van der Waals surface area contributed by atoms with Crippen LogP contribution in [0.1, 0.15) is 15.2 Å². The molecule has 0 saturated heterocycles. The van der Waals surface area contributed by atoms with E-state index in [2.05, 4.69) is 17.4 Å². The zero-order chi connectivity index (χ0) is 13.8. The largest absolute Gasteiger partial charge is 0.351 e. The van der Waals surface area contributed by atoms with Crippen LogP contribution in [0, 0.1) is 0 Å². The number of amides is 1. The van der Waals surface area contributed by atoms with E-state index in [9.17, 15) is 4.79 Å². The van der Waals surface area contributed by atoms with Crippen LogP contribution in [-0.4, -0.2) is 12.5 Å². The molecule has 20 heavy (non-hydrogen) atoms. The third-order valence-electron chi connectivity index (χ3n) is 3.19. The molecule has 0 bridgehead atoms. The van der Waals surface area contributed by atoms with Crippen molar-refractivity contribution in [3.05, 3.63) is 71.1 Å². The third-order valence-corrected chi connectivity index (χ3v) is 4.31. The van der Waals surface area contributed by atoms with Crippen LogP contribution < -0.4 is 5.32 Å². The van der Waals surface area contributed by atoms with Crippen molar-refractivity contribution in [3.8, 4) is 0 Å². The molecule has 0 radical (unpaired) electrons. The molecule has 1 N–H and O–H groups in total. The Kier molecular flexibility index (Phi) is 3.79. The summed E-state index contributed by atoms with van der Waals surface area (Å²) in [6, 6.07) is 20.2. The lowest BCUT2D eigenvalue weighted by Crippen LogP contribution is -2.24. The highest BCUT2D eigenvalue weighted by Crippen LogP contribution is 2.24. The Balaban J connectivity index is 1.61. The third kappa shape index (κ3) is 2.89. The number of carbonyl (C=O) groups excluding carboxylic acids is 1. The minimum Gasteiger partial charge on any atom is -0.351 e. The average Bonchev–Trinajstić information content (AvgIpc) is 2.92. The van der Waals surface area contributed by atoms with Crippen LogP contribution in [0.25, 0.3) is 10.1 Å². The second kappa shape index (κ2) is 5.88. The van der Waals surface area contributed by atoms with Crippen molar-refractivity contribution in [2.75, 3.05) is 6.54 Å². The van der Waals surface area contributed by atoms with E-state index in [1.807, 2.05) is 48.5 Å². The molecule has 2 aromatic carbocycles. The van der Waals surface area contributed by atoms with E-state index in [0.29, 0.717) is 6.54 Å². The molecule has 0 aliphatic carbocycles. The molecule has 0 fully saturated rings. The van der Waals surface area contributed by atoms with Gasteiger partial charge in [0.25, 0.3) is 5.91 Å². The molecule has 3 rings (SSSR count). The zero-order valence-electron chi connectivity index (χ0n) is 11.0. The lowest BCUT2D eigenvalue weighted by atomic mass is 10.1. The van der Waals surface area contributed by atoms with Crippen LogP contribution in [0.5, 0.6) is 0 Å². The van der Waals surface area contributed by atoms with Crippen molar-refractivity contribution in [1.29, 1.82) is 0 Å². The van der Waals surface area contributed by atoms with Gasteiger partial charge in [0.05, 0.1) is 4.88 Å². The van der Waals surface area contributed by atoms with Gasteiger partial charge in [-0.3, -0.25) is 4.79 Å². The predicted octanol–water partition coefficient (Wildman–Crippen LogP) is 3.87. The summed E-state index contributed by atoms with van der Waals surface area (Å²) in [6.45, 7) is 0.664. The first-order valence-corrected chi connectivity index (χ1v) is 7.45. The van der Waals surface area contributed by atoms with Crippen molar-refractivity contribution < 1.29 is 4.79 Å². The summed E-state index contributed by atoms with van der Waals surface area (Å²) in [5.41, 5.74) is 1.24. The van der Waals surface area contributed by atoms with Gasteiger partial charge >= 0.3 is 0 Å². The quantitative estimate of drug-likeness (QED) is 0.772. The van der Waals surface area contributed by atoms with Crippen molar-refractivity contribution in [2.24, 2.45) is 0 Å². The minimum absolute atomic E-state index is 0.0159. The minimum atomic E-state index is 0.0159. The molecule has 1 amide bonds. The zero-order valence-corrected chi connectivity index (χ0v) is 11.8. The summed E-state index contributed by atoms with van der Waals surface area (Å²) in [4.78, 5) is 12.9. The highest BCUT2D eigenvalue weighted by molar-refractivity contribution is 7.20. The van der Waals surface area contributed by atoms with Crippen LogP contribution in [0.2, 0.25) is 0 Å². The molecular weight excluding hydrogens is 266 g/mol. The Morgan fingerprint density at radius 2 is 1.75 bits per heavy atom. The van der Waals surface area contributed by atoms with Crippen molar-refractivity contribution in [2.45, 2.75) is 6.42 Å². The number of fused-ring (bicyclic) bond motifs is 1. The molecule has 0 aliphatic rings. The van der Waals surface area contributed by atoms with Gasteiger partial charge in [0.15, 0.2) is 0 Å². The van der Waals surface area contributed by atoms with Crippen LogP contribution in [0.3, 0.4) is 0 Å². The average molecular weight is 281 g/mol. The first-order chi connectivity index (χ1) is 9.83. The SMILES string of the molecule is O=C(NCCc1ccccc1)c1cc2ccccc2s1. The molecule has 0 saturated carbocycles. The monoisotopic (exact) mass is 281 g/mol. The maximum absolute atomic E-state index is 12.1. The molecule has 0 spiro atoms. The number of hydrogen-bond donors (Lipinski definition) is 1. The lowest BCUT2D eigenvalue weighted by Gasteiger charge is -2.03. The maximum Gasteiger partial charge on any atom is 0.261 e. The predicted molar refractivity (Wildman–Crippen MR) is 84.3 cm³/mol. The second-order valence-corrected chi connectivity index (χ2v) is 5.72. The van der Waals surface area contributed by atoms with E-state index in [4.69, 9.17) is 0 Å². The number of nitrogens with one attached hydrogen (secondary N) is 1. The fourth-order valence-electron chi connectivity index (χ4n) is 2.15. The summed E-state index contributed by atoms with van der Waals surface area (Å²) in [6.07, 6.45) is 0.859. The van der Waals surface area contributed by atoms with Crippen molar-refractivity contribution in [1.82, 2.24) is 5.32 Å². The molecule has 3 aromatic rings. The standard InChI is InChI=1S/C17H15NOS/c19-17(18-11-10-13-6-2-1-3-7-13)16-12-14-8-4-5-9-15(14)20-16/h1-9,12H,10-11H2,(H,18,19). The first-order valence-electron chi connectivity index (χ1n) is 6.63. The Morgan fingerprint density at radius 1 is 1.00 bits per heavy atom. The molecule has 2 nitrogen and oxygen atoms in total. The van der Waals surface area contributed by atoms with Gasteiger partial charge in [0.1, 0.15) is 0 Å². The number of carbonyl (C=O) groups is 1. The molecule has 3 heteroatoms. The number of rotatable bonds is 4. The van der Waals surface area contributed by atoms with Gasteiger partial charge in [-0.15, -0.1) is 11.3 Å². The van der Waals surface area contributed by atoms with Crippen LogP contribution in [0.15, 0.2) is 60.7 Å². The Hall–Kier alpha value is -2.13. The van der Waals surface area contributed by atoms with Gasteiger partial charge in [0, 0.05) is 11.2 Å². The molecule has 0 atom stereocenters. The van der Waals surface area contributed by atoms with Gasteiger partial charge in [-0.1, -0.05) is 48.5 Å². The molecule has 1 aromatic heterocycles. The van der Waals surface area contributed by atoms with Gasteiger partial charge in [-0.25, -0.2) is 0 Å². The number of thiophene rings is 1. The van der Waals surface area contributed by atoms with E-state index >= 15 is 0 Å². The molecule has 0 aliphatic heterocycles. The number of benzene rings is 2. The highest BCUT2D eigenvalue weighted by atomic mass is 32.1. The van der Waals surface area contributed by atoms with Crippen LogP contribution in [0.4, 0.5) is 0 Å². The van der Waals surface area contributed by atoms with E-state index in [0.717, 1.165) is 21.4 Å².